The summed E-state index contributed by atoms with van der Waals surface area (Å²) in [4.78, 5) is 18.5. The van der Waals surface area contributed by atoms with E-state index in [4.69, 9.17) is 9.26 Å². The van der Waals surface area contributed by atoms with Gasteiger partial charge in [0.15, 0.2) is 0 Å². The van der Waals surface area contributed by atoms with Crippen LogP contribution in [0.4, 0.5) is 5.69 Å². The number of nitrogens with zero attached hydrogens (tertiary/aromatic N) is 3. The molecule has 1 aliphatic heterocycles. The molecule has 1 saturated heterocycles. The van der Waals surface area contributed by atoms with Crippen LogP contribution in [-0.2, 0) is 14.8 Å². The number of thiophene rings is 1. The smallest absolute Gasteiger partial charge is 0.244 e. The molecule has 0 spiro atoms. The number of nitrogens with one attached hydrogen (secondary N) is 1. The molecule has 3 heterocycles. The lowest BCUT2D eigenvalue weighted by atomic mass is 9.97. The number of carbonyl (C=O) groups is 1. The zero-order valence-electron chi connectivity index (χ0n) is 18.0. The SMILES string of the molecule is COc1ccccc1NC(=O)C1CCN(S(=O)(=O)c2cc(-c3noc(C)n3)sc2C)CC1. The van der Waals surface area contributed by atoms with E-state index >= 15 is 0 Å². The van der Waals surface area contributed by atoms with Crippen molar-refractivity contribution >= 4 is 33.0 Å². The molecule has 9 nitrogen and oxygen atoms in total. The number of anilines is 1. The third-order valence-corrected chi connectivity index (χ3v) is 8.63. The summed E-state index contributed by atoms with van der Waals surface area (Å²) in [6, 6.07) is 8.80. The van der Waals surface area contributed by atoms with Gasteiger partial charge < -0.3 is 14.6 Å². The van der Waals surface area contributed by atoms with Crippen LogP contribution in [0.5, 0.6) is 5.75 Å². The number of methoxy groups -OCH3 is 1. The van der Waals surface area contributed by atoms with E-state index in [1.807, 2.05) is 12.1 Å². The van der Waals surface area contributed by atoms with Gasteiger partial charge in [-0.15, -0.1) is 11.3 Å². The van der Waals surface area contributed by atoms with Crippen molar-refractivity contribution in [3.8, 4) is 16.5 Å². The van der Waals surface area contributed by atoms with Crippen molar-refractivity contribution in [1.29, 1.82) is 0 Å². The van der Waals surface area contributed by atoms with Gasteiger partial charge in [0.05, 0.1) is 22.6 Å². The molecule has 0 saturated carbocycles. The summed E-state index contributed by atoms with van der Waals surface area (Å²) in [6.45, 7) is 4.00. The number of para-hydroxylation sites is 2. The van der Waals surface area contributed by atoms with E-state index in [-0.39, 0.29) is 29.8 Å². The van der Waals surface area contributed by atoms with E-state index < -0.39 is 10.0 Å². The van der Waals surface area contributed by atoms with Crippen LogP contribution in [0.2, 0.25) is 0 Å². The second kappa shape index (κ2) is 9.00. The monoisotopic (exact) mass is 476 g/mol. The number of rotatable bonds is 6. The summed E-state index contributed by atoms with van der Waals surface area (Å²) >= 11 is 1.31. The van der Waals surface area contributed by atoms with Crippen molar-refractivity contribution in [3.63, 3.8) is 0 Å². The fourth-order valence-corrected chi connectivity index (χ4v) is 6.67. The molecule has 4 rings (SSSR count). The lowest BCUT2D eigenvalue weighted by molar-refractivity contribution is -0.120. The first-order chi connectivity index (χ1) is 15.3. The van der Waals surface area contributed by atoms with Crippen molar-refractivity contribution in [2.75, 3.05) is 25.5 Å². The maximum absolute atomic E-state index is 13.3. The van der Waals surface area contributed by atoms with Crippen LogP contribution in [0, 0.1) is 19.8 Å². The number of hydrogen-bond donors (Lipinski definition) is 1. The Hall–Kier alpha value is -2.76. The number of ether oxygens (including phenoxy) is 1. The molecule has 1 aromatic carbocycles. The largest absolute Gasteiger partial charge is 0.495 e. The highest BCUT2D eigenvalue weighted by Crippen LogP contribution is 2.35. The van der Waals surface area contributed by atoms with Gasteiger partial charge in [-0.05, 0) is 38.0 Å². The zero-order valence-corrected chi connectivity index (χ0v) is 19.6. The van der Waals surface area contributed by atoms with Gasteiger partial charge in [-0.2, -0.15) is 9.29 Å². The van der Waals surface area contributed by atoms with Gasteiger partial charge in [-0.1, -0.05) is 17.3 Å². The molecule has 1 aliphatic rings. The number of aromatic nitrogens is 2. The number of carbonyl (C=O) groups excluding carboxylic acids is 1. The highest BCUT2D eigenvalue weighted by Gasteiger charge is 2.34. The Kier molecular flexibility index (Phi) is 6.31. The second-order valence-electron chi connectivity index (χ2n) is 7.54. The van der Waals surface area contributed by atoms with Crippen LogP contribution in [0.25, 0.3) is 10.7 Å². The molecule has 1 fully saturated rings. The molecule has 3 aromatic rings. The number of amides is 1. The average Bonchev–Trinajstić information content (AvgIpc) is 3.40. The Morgan fingerprint density at radius 3 is 2.62 bits per heavy atom. The Morgan fingerprint density at radius 1 is 1.25 bits per heavy atom. The molecule has 32 heavy (non-hydrogen) atoms. The van der Waals surface area contributed by atoms with Gasteiger partial charge in [-0.3, -0.25) is 4.79 Å². The Labute approximate surface area is 190 Å². The Morgan fingerprint density at radius 2 is 1.97 bits per heavy atom. The maximum Gasteiger partial charge on any atom is 0.244 e. The van der Waals surface area contributed by atoms with E-state index in [1.165, 1.54) is 15.6 Å². The third kappa shape index (κ3) is 4.41. The fraction of sp³-hybridized carbons (Fsp3) is 0.381. The number of sulfonamides is 1. The van der Waals surface area contributed by atoms with Gasteiger partial charge in [-0.25, -0.2) is 8.42 Å². The predicted molar refractivity (Wildman–Crippen MR) is 120 cm³/mol. The minimum Gasteiger partial charge on any atom is -0.495 e. The van der Waals surface area contributed by atoms with Crippen molar-refractivity contribution in [3.05, 3.63) is 41.1 Å². The minimum atomic E-state index is -3.69. The first-order valence-corrected chi connectivity index (χ1v) is 12.4. The fourth-order valence-electron chi connectivity index (χ4n) is 3.71. The average molecular weight is 477 g/mol. The van der Waals surface area contributed by atoms with E-state index in [9.17, 15) is 13.2 Å². The number of aryl methyl sites for hydroxylation is 2. The Bertz CT molecular complexity index is 1230. The molecule has 1 amide bonds. The normalized spacial score (nSPS) is 15.6. The summed E-state index contributed by atoms with van der Waals surface area (Å²) in [5.74, 6) is 0.981. The van der Waals surface area contributed by atoms with E-state index in [1.54, 1.807) is 39.2 Å². The van der Waals surface area contributed by atoms with Crippen LogP contribution in [0.1, 0.15) is 23.6 Å². The molecule has 170 valence electrons. The van der Waals surface area contributed by atoms with Crippen LogP contribution in [-0.4, -0.2) is 49.0 Å². The first-order valence-electron chi connectivity index (χ1n) is 10.1. The van der Waals surface area contributed by atoms with Gasteiger partial charge in [0.25, 0.3) is 0 Å². The summed E-state index contributed by atoms with van der Waals surface area (Å²) in [5.41, 5.74) is 0.605. The minimum absolute atomic E-state index is 0.131. The molecule has 1 N–H and O–H groups in total. The standard InChI is InChI=1S/C21H24N4O5S2/c1-13-19(12-18(31-13)20-22-14(2)30-24-20)32(27,28)25-10-8-15(9-11-25)21(26)23-16-6-4-5-7-17(16)29-3/h4-7,12,15H,8-11H2,1-3H3,(H,23,26). The number of benzene rings is 1. The highest BCUT2D eigenvalue weighted by molar-refractivity contribution is 7.89. The van der Waals surface area contributed by atoms with Crippen LogP contribution in [0.3, 0.4) is 0 Å². The maximum atomic E-state index is 13.3. The molecule has 0 aliphatic carbocycles. The first kappa shape index (κ1) is 22.4. The Balaban J connectivity index is 1.43. The zero-order chi connectivity index (χ0) is 22.9. The number of piperidine rings is 1. The van der Waals surface area contributed by atoms with Gasteiger partial charge in [0, 0.05) is 30.8 Å². The molecular weight excluding hydrogens is 452 g/mol. The summed E-state index contributed by atoms with van der Waals surface area (Å²) in [7, 11) is -2.14. The molecule has 0 unspecified atom stereocenters. The quantitative estimate of drug-likeness (QED) is 0.579. The molecule has 2 aromatic heterocycles. The van der Waals surface area contributed by atoms with Crippen LogP contribution >= 0.6 is 11.3 Å². The van der Waals surface area contributed by atoms with Crippen molar-refractivity contribution < 1.29 is 22.5 Å². The molecule has 0 bridgehead atoms. The topological polar surface area (TPSA) is 115 Å². The van der Waals surface area contributed by atoms with Crippen LogP contribution in [0.15, 0.2) is 39.8 Å². The number of hydrogen-bond acceptors (Lipinski definition) is 8. The van der Waals surface area contributed by atoms with Crippen molar-refractivity contribution in [2.45, 2.75) is 31.6 Å². The summed E-state index contributed by atoms with van der Waals surface area (Å²) < 4.78 is 38.2. The van der Waals surface area contributed by atoms with Gasteiger partial charge in [0.1, 0.15) is 5.75 Å². The van der Waals surface area contributed by atoms with E-state index in [0.29, 0.717) is 45.7 Å². The van der Waals surface area contributed by atoms with E-state index in [2.05, 4.69) is 15.5 Å². The predicted octanol–water partition coefficient (Wildman–Crippen LogP) is 3.46. The highest BCUT2D eigenvalue weighted by atomic mass is 32.2. The lowest BCUT2D eigenvalue weighted by Gasteiger charge is -2.30. The van der Waals surface area contributed by atoms with Crippen LogP contribution < -0.4 is 10.1 Å². The third-order valence-electron chi connectivity index (χ3n) is 5.43. The molecule has 0 atom stereocenters. The van der Waals surface area contributed by atoms with Gasteiger partial charge >= 0.3 is 0 Å². The van der Waals surface area contributed by atoms with Crippen molar-refractivity contribution in [1.82, 2.24) is 14.4 Å². The lowest BCUT2D eigenvalue weighted by Crippen LogP contribution is -2.41. The summed E-state index contributed by atoms with van der Waals surface area (Å²) in [6.07, 6.45) is 0.889. The van der Waals surface area contributed by atoms with Crippen molar-refractivity contribution in [2.24, 2.45) is 5.92 Å². The molecule has 11 heteroatoms. The second-order valence-corrected chi connectivity index (χ2v) is 10.7. The van der Waals surface area contributed by atoms with Gasteiger partial charge in [0.2, 0.25) is 27.6 Å². The molecular formula is C21H24N4O5S2. The summed E-state index contributed by atoms with van der Waals surface area (Å²) in [5, 5.41) is 6.77. The van der Waals surface area contributed by atoms with E-state index in [0.717, 1.165) is 0 Å². The molecule has 0 radical (unpaired) electrons.